The Bertz CT molecular complexity index is 561. The number of fused-ring (bicyclic) bond motifs is 1. The van der Waals surface area contributed by atoms with Gasteiger partial charge in [0.05, 0.1) is 11.5 Å². The molecular weight excluding hydrogens is 288 g/mol. The number of ether oxygens (including phenoxy) is 1. The Morgan fingerprint density at radius 2 is 2.09 bits per heavy atom. The predicted molar refractivity (Wildman–Crippen MR) is 90.3 cm³/mol. The molecule has 1 fully saturated rings. The number of anilines is 1. The largest absolute Gasteiger partial charge is 0.396 e. The van der Waals surface area contributed by atoms with Gasteiger partial charge in [0.1, 0.15) is 0 Å². The lowest BCUT2D eigenvalue weighted by molar-refractivity contribution is 0.0363. The number of aliphatic hydroxyl groups is 1. The Hall–Kier alpha value is -1.57. The summed E-state index contributed by atoms with van der Waals surface area (Å²) >= 11 is 0. The molecular formula is C19H26N2O2. The van der Waals surface area contributed by atoms with Crippen LogP contribution in [0.2, 0.25) is 0 Å². The molecule has 3 rings (SSSR count). The summed E-state index contributed by atoms with van der Waals surface area (Å²) < 4.78 is 5.41. The van der Waals surface area contributed by atoms with Crippen LogP contribution in [0.25, 0.3) is 0 Å². The quantitative estimate of drug-likeness (QED) is 0.908. The van der Waals surface area contributed by atoms with Gasteiger partial charge in [0, 0.05) is 44.5 Å². The van der Waals surface area contributed by atoms with Crippen LogP contribution in [0.15, 0.2) is 24.3 Å². The SMILES string of the molecule is N#CC1(CCCN2CC(CO)Cc3ccccc32)CCOCC1. The molecule has 0 saturated carbocycles. The van der Waals surface area contributed by atoms with Gasteiger partial charge in [-0.15, -0.1) is 0 Å². The Morgan fingerprint density at radius 3 is 2.83 bits per heavy atom. The Balaban J connectivity index is 1.62. The zero-order chi connectivity index (χ0) is 16.1. The van der Waals surface area contributed by atoms with Crippen LogP contribution in [0.1, 0.15) is 31.2 Å². The molecule has 4 heteroatoms. The Kier molecular flexibility index (Phi) is 5.20. The van der Waals surface area contributed by atoms with Gasteiger partial charge in [-0.1, -0.05) is 18.2 Å². The van der Waals surface area contributed by atoms with E-state index in [9.17, 15) is 10.4 Å². The molecule has 0 spiro atoms. The molecule has 0 aromatic heterocycles. The van der Waals surface area contributed by atoms with Gasteiger partial charge in [0.2, 0.25) is 0 Å². The average Bonchev–Trinajstić information content (AvgIpc) is 2.62. The molecule has 4 nitrogen and oxygen atoms in total. The fraction of sp³-hybridized carbons (Fsp3) is 0.632. The lowest BCUT2D eigenvalue weighted by Gasteiger charge is -2.37. The van der Waals surface area contributed by atoms with E-state index < -0.39 is 0 Å². The van der Waals surface area contributed by atoms with E-state index in [1.165, 1.54) is 11.3 Å². The highest BCUT2D eigenvalue weighted by atomic mass is 16.5. The van der Waals surface area contributed by atoms with E-state index in [-0.39, 0.29) is 12.0 Å². The third-order valence-corrected chi connectivity index (χ3v) is 5.35. The average molecular weight is 314 g/mol. The maximum atomic E-state index is 9.56. The molecule has 1 unspecified atom stereocenters. The molecule has 0 amide bonds. The minimum absolute atomic E-state index is 0.191. The number of hydrogen-bond donors (Lipinski definition) is 1. The van der Waals surface area contributed by atoms with Crippen LogP contribution in [0.4, 0.5) is 5.69 Å². The van der Waals surface area contributed by atoms with Gasteiger partial charge in [-0.25, -0.2) is 0 Å². The van der Waals surface area contributed by atoms with E-state index in [4.69, 9.17) is 4.74 Å². The molecule has 0 radical (unpaired) electrons. The van der Waals surface area contributed by atoms with Crippen LogP contribution in [0.5, 0.6) is 0 Å². The maximum absolute atomic E-state index is 9.56. The van der Waals surface area contributed by atoms with E-state index in [1.807, 2.05) is 0 Å². The number of hydrogen-bond acceptors (Lipinski definition) is 4. The van der Waals surface area contributed by atoms with Crippen molar-refractivity contribution in [3.63, 3.8) is 0 Å². The van der Waals surface area contributed by atoms with Crippen LogP contribution in [0.3, 0.4) is 0 Å². The number of aliphatic hydroxyl groups excluding tert-OH is 1. The van der Waals surface area contributed by atoms with E-state index in [1.54, 1.807) is 0 Å². The maximum Gasteiger partial charge on any atom is 0.0691 e. The third-order valence-electron chi connectivity index (χ3n) is 5.35. The molecule has 0 aliphatic carbocycles. The second-order valence-electron chi connectivity index (χ2n) is 6.94. The fourth-order valence-electron chi connectivity index (χ4n) is 3.90. The second-order valence-corrected chi connectivity index (χ2v) is 6.94. The van der Waals surface area contributed by atoms with Crippen LogP contribution >= 0.6 is 0 Å². The Morgan fingerprint density at radius 1 is 1.30 bits per heavy atom. The van der Waals surface area contributed by atoms with Crippen molar-refractivity contribution >= 4 is 5.69 Å². The number of rotatable bonds is 5. The highest BCUT2D eigenvalue weighted by Crippen LogP contribution is 2.35. The van der Waals surface area contributed by atoms with Gasteiger partial charge in [-0.3, -0.25) is 0 Å². The molecule has 124 valence electrons. The summed E-state index contributed by atoms with van der Waals surface area (Å²) in [6.07, 6.45) is 4.64. The van der Waals surface area contributed by atoms with E-state index in [2.05, 4.69) is 35.2 Å². The normalized spacial score (nSPS) is 23.1. The van der Waals surface area contributed by atoms with Gasteiger partial charge in [0.25, 0.3) is 0 Å². The molecule has 23 heavy (non-hydrogen) atoms. The summed E-state index contributed by atoms with van der Waals surface area (Å²) in [6, 6.07) is 11.1. The molecule has 2 aliphatic heterocycles. The summed E-state index contributed by atoms with van der Waals surface area (Å²) in [6.45, 7) is 3.54. The van der Waals surface area contributed by atoms with E-state index in [0.29, 0.717) is 19.1 Å². The molecule has 0 bridgehead atoms. The lowest BCUT2D eigenvalue weighted by atomic mass is 9.78. The van der Waals surface area contributed by atoms with Crippen molar-refractivity contribution in [3.8, 4) is 6.07 Å². The van der Waals surface area contributed by atoms with Crippen molar-refractivity contribution in [1.29, 1.82) is 5.26 Å². The van der Waals surface area contributed by atoms with E-state index >= 15 is 0 Å². The van der Waals surface area contributed by atoms with Gasteiger partial charge in [-0.05, 0) is 43.7 Å². The van der Waals surface area contributed by atoms with Gasteiger partial charge >= 0.3 is 0 Å². The van der Waals surface area contributed by atoms with Gasteiger partial charge < -0.3 is 14.7 Å². The smallest absolute Gasteiger partial charge is 0.0691 e. The predicted octanol–water partition coefficient (Wildman–Crippen LogP) is 2.76. The highest BCUT2D eigenvalue weighted by molar-refractivity contribution is 5.55. The topological polar surface area (TPSA) is 56.5 Å². The molecule has 1 N–H and O–H groups in total. The molecule has 2 aliphatic rings. The standard InChI is InChI=1S/C19H26N2O2/c20-15-19(7-10-23-11-8-19)6-3-9-21-13-16(14-22)12-17-4-1-2-5-18(17)21/h1-2,4-5,16,22H,3,6-14H2. The summed E-state index contributed by atoms with van der Waals surface area (Å²) in [5, 5.41) is 19.1. The van der Waals surface area contributed by atoms with Crippen LogP contribution in [0, 0.1) is 22.7 Å². The molecule has 1 aromatic carbocycles. The van der Waals surface area contributed by atoms with Crippen molar-refractivity contribution in [3.05, 3.63) is 29.8 Å². The molecule has 2 heterocycles. The number of benzene rings is 1. The zero-order valence-corrected chi connectivity index (χ0v) is 13.7. The summed E-state index contributed by atoms with van der Waals surface area (Å²) in [7, 11) is 0. The van der Waals surface area contributed by atoms with Crippen molar-refractivity contribution in [2.24, 2.45) is 11.3 Å². The van der Waals surface area contributed by atoms with Gasteiger partial charge in [0.15, 0.2) is 0 Å². The first-order valence-corrected chi connectivity index (χ1v) is 8.69. The van der Waals surface area contributed by atoms with Crippen LogP contribution in [-0.4, -0.2) is 38.0 Å². The minimum atomic E-state index is -0.191. The summed E-state index contributed by atoms with van der Waals surface area (Å²) in [4.78, 5) is 2.39. The van der Waals surface area contributed by atoms with E-state index in [0.717, 1.165) is 45.2 Å². The molecule has 1 atom stereocenters. The molecule has 1 aromatic rings. The minimum Gasteiger partial charge on any atom is -0.396 e. The summed E-state index contributed by atoms with van der Waals surface area (Å²) in [5.41, 5.74) is 2.44. The van der Waals surface area contributed by atoms with Crippen molar-refractivity contribution in [2.45, 2.75) is 32.1 Å². The van der Waals surface area contributed by atoms with Gasteiger partial charge in [-0.2, -0.15) is 5.26 Å². The monoisotopic (exact) mass is 314 g/mol. The van der Waals surface area contributed by atoms with Crippen molar-refractivity contribution in [2.75, 3.05) is 37.8 Å². The first-order chi connectivity index (χ1) is 11.3. The second kappa shape index (κ2) is 7.33. The number of nitriles is 1. The number of para-hydroxylation sites is 1. The highest BCUT2D eigenvalue weighted by Gasteiger charge is 2.32. The van der Waals surface area contributed by atoms with Crippen LogP contribution in [-0.2, 0) is 11.2 Å². The summed E-state index contributed by atoms with van der Waals surface area (Å²) in [5.74, 6) is 0.318. The first-order valence-electron chi connectivity index (χ1n) is 8.69. The zero-order valence-electron chi connectivity index (χ0n) is 13.7. The van der Waals surface area contributed by atoms with Crippen molar-refractivity contribution < 1.29 is 9.84 Å². The fourth-order valence-corrected chi connectivity index (χ4v) is 3.90. The first kappa shape index (κ1) is 16.3. The Labute approximate surface area is 138 Å². The number of nitrogens with zero attached hydrogens (tertiary/aromatic N) is 2. The van der Waals surface area contributed by atoms with Crippen LogP contribution < -0.4 is 4.90 Å². The molecule has 1 saturated heterocycles. The third kappa shape index (κ3) is 3.68. The van der Waals surface area contributed by atoms with Crippen molar-refractivity contribution in [1.82, 2.24) is 0 Å². The lowest BCUT2D eigenvalue weighted by Crippen LogP contribution is -2.38.